The number of nitrogen functional groups attached to an aromatic ring is 1. The largest absolute Gasteiger partial charge is 0.368 e. The van der Waals surface area contributed by atoms with E-state index >= 15 is 0 Å². The van der Waals surface area contributed by atoms with E-state index in [0.29, 0.717) is 12.1 Å². The molecule has 0 saturated heterocycles. The summed E-state index contributed by atoms with van der Waals surface area (Å²) in [5.74, 6) is 0.187. The fraction of sp³-hybridized carbons (Fsp3) is 0.0909. The number of carbonyl (C=O) groups excluding carboxylic acids is 1. The molecular weight excluding hydrogens is 430 g/mol. The van der Waals surface area contributed by atoms with Crippen LogP contribution in [0.4, 0.5) is 5.95 Å². The summed E-state index contributed by atoms with van der Waals surface area (Å²) in [6.45, 7) is 1.93. The summed E-state index contributed by atoms with van der Waals surface area (Å²) in [6, 6.07) is 18.0. The van der Waals surface area contributed by atoms with Crippen LogP contribution in [0.3, 0.4) is 0 Å². The number of pyridine rings is 1. The van der Waals surface area contributed by atoms with Crippen LogP contribution in [0.15, 0.2) is 65.3 Å². The molecule has 29 heavy (non-hydrogen) atoms. The zero-order valence-electron chi connectivity index (χ0n) is 15.6. The zero-order chi connectivity index (χ0) is 20.4. The van der Waals surface area contributed by atoms with E-state index in [2.05, 4.69) is 31.2 Å². The van der Waals surface area contributed by atoms with Crippen LogP contribution >= 0.6 is 15.9 Å². The van der Waals surface area contributed by atoms with Gasteiger partial charge in [-0.2, -0.15) is 4.98 Å². The van der Waals surface area contributed by atoms with Gasteiger partial charge in [0, 0.05) is 21.6 Å². The van der Waals surface area contributed by atoms with Crippen LogP contribution in [0.2, 0.25) is 0 Å². The number of rotatable bonds is 5. The van der Waals surface area contributed by atoms with Crippen LogP contribution in [-0.2, 0) is 4.79 Å². The molecule has 0 aliphatic carbocycles. The van der Waals surface area contributed by atoms with Gasteiger partial charge >= 0.3 is 0 Å². The number of aromatic nitrogens is 3. The summed E-state index contributed by atoms with van der Waals surface area (Å²) in [5.41, 5.74) is 11.1. The first-order valence-electron chi connectivity index (χ1n) is 9.04. The summed E-state index contributed by atoms with van der Waals surface area (Å²) in [7, 11) is 0. The lowest BCUT2D eigenvalue weighted by Gasteiger charge is -2.13. The molecule has 0 fully saturated rings. The van der Waals surface area contributed by atoms with Gasteiger partial charge in [-0.05, 0) is 41.8 Å². The SMILES string of the molecule is CC(NC=O)c1ccc(-c2cc(-c3cccc(Br)c3)c3cnc(N)nc3n2)cc1. The summed E-state index contributed by atoms with van der Waals surface area (Å²) in [4.78, 5) is 23.9. The van der Waals surface area contributed by atoms with Gasteiger partial charge in [0.25, 0.3) is 0 Å². The molecule has 0 radical (unpaired) electrons. The fourth-order valence-corrected chi connectivity index (χ4v) is 3.60. The zero-order valence-corrected chi connectivity index (χ0v) is 17.2. The molecule has 0 aliphatic rings. The first-order chi connectivity index (χ1) is 14.0. The molecule has 0 spiro atoms. The third-order valence-corrected chi connectivity index (χ3v) is 5.24. The molecular formula is C22H18BrN5O. The van der Waals surface area contributed by atoms with Crippen molar-refractivity contribution in [2.75, 3.05) is 5.73 Å². The maximum atomic E-state index is 10.7. The number of hydrogen-bond donors (Lipinski definition) is 2. The number of hydrogen-bond acceptors (Lipinski definition) is 5. The van der Waals surface area contributed by atoms with Crippen LogP contribution in [0.25, 0.3) is 33.4 Å². The Hall–Kier alpha value is -3.32. The van der Waals surface area contributed by atoms with Gasteiger partial charge in [0.15, 0.2) is 5.65 Å². The highest BCUT2D eigenvalue weighted by molar-refractivity contribution is 9.10. The Morgan fingerprint density at radius 1 is 1.07 bits per heavy atom. The summed E-state index contributed by atoms with van der Waals surface area (Å²) in [6.07, 6.45) is 2.42. The second kappa shape index (κ2) is 7.97. The normalized spacial score (nSPS) is 11.9. The number of anilines is 1. The van der Waals surface area contributed by atoms with E-state index in [1.54, 1.807) is 6.20 Å². The molecule has 0 saturated carbocycles. The van der Waals surface area contributed by atoms with Crippen LogP contribution in [0, 0.1) is 0 Å². The van der Waals surface area contributed by atoms with Gasteiger partial charge in [-0.3, -0.25) is 4.79 Å². The number of fused-ring (bicyclic) bond motifs is 1. The highest BCUT2D eigenvalue weighted by atomic mass is 79.9. The smallest absolute Gasteiger partial charge is 0.222 e. The quantitative estimate of drug-likeness (QED) is 0.438. The third-order valence-electron chi connectivity index (χ3n) is 4.74. The van der Waals surface area contributed by atoms with E-state index in [1.165, 1.54) is 0 Å². The van der Waals surface area contributed by atoms with Gasteiger partial charge in [-0.1, -0.05) is 52.3 Å². The van der Waals surface area contributed by atoms with E-state index in [4.69, 9.17) is 10.7 Å². The van der Waals surface area contributed by atoms with Crippen molar-refractivity contribution in [1.29, 1.82) is 0 Å². The Balaban J connectivity index is 1.86. The second-order valence-electron chi connectivity index (χ2n) is 6.66. The van der Waals surface area contributed by atoms with E-state index in [0.717, 1.165) is 37.8 Å². The Morgan fingerprint density at radius 2 is 1.86 bits per heavy atom. The van der Waals surface area contributed by atoms with E-state index in [9.17, 15) is 4.79 Å². The maximum Gasteiger partial charge on any atom is 0.222 e. The average molecular weight is 448 g/mol. The molecule has 1 amide bonds. The first kappa shape index (κ1) is 19.0. The van der Waals surface area contributed by atoms with Crippen molar-refractivity contribution in [3.05, 3.63) is 70.8 Å². The average Bonchev–Trinajstić information content (AvgIpc) is 2.73. The summed E-state index contributed by atoms with van der Waals surface area (Å²) in [5, 5.41) is 3.59. The van der Waals surface area contributed by atoms with Crippen molar-refractivity contribution in [2.24, 2.45) is 0 Å². The number of benzene rings is 2. The number of carbonyl (C=O) groups is 1. The molecule has 2 aromatic heterocycles. The van der Waals surface area contributed by atoms with Gasteiger partial charge in [0.1, 0.15) is 0 Å². The molecule has 7 heteroatoms. The third kappa shape index (κ3) is 3.95. The first-order valence-corrected chi connectivity index (χ1v) is 9.83. The van der Waals surface area contributed by atoms with Crippen molar-refractivity contribution in [1.82, 2.24) is 20.3 Å². The molecule has 0 aliphatic heterocycles. The van der Waals surface area contributed by atoms with Crippen molar-refractivity contribution in [3.8, 4) is 22.4 Å². The van der Waals surface area contributed by atoms with Crippen LogP contribution in [0.5, 0.6) is 0 Å². The molecule has 0 bridgehead atoms. The number of nitrogens with two attached hydrogens (primary N) is 1. The monoisotopic (exact) mass is 447 g/mol. The number of halogens is 1. The fourth-order valence-electron chi connectivity index (χ4n) is 3.21. The van der Waals surface area contributed by atoms with Gasteiger partial charge in [-0.15, -0.1) is 0 Å². The lowest BCUT2D eigenvalue weighted by Crippen LogP contribution is -2.15. The Kier molecular flexibility index (Phi) is 5.22. The van der Waals surface area contributed by atoms with Crippen molar-refractivity contribution in [2.45, 2.75) is 13.0 Å². The molecule has 6 nitrogen and oxygen atoms in total. The molecule has 2 aromatic carbocycles. The van der Waals surface area contributed by atoms with Crippen LogP contribution < -0.4 is 11.1 Å². The van der Waals surface area contributed by atoms with Crippen molar-refractivity contribution < 1.29 is 4.79 Å². The Labute approximate surface area is 176 Å². The van der Waals surface area contributed by atoms with Gasteiger partial charge in [0.2, 0.25) is 12.4 Å². The standard InChI is InChI=1S/C22H18BrN5O/c1-13(26-12-29)14-5-7-15(8-6-14)20-10-18(16-3-2-4-17(23)9-16)19-11-25-22(24)28-21(19)27-20/h2-13H,1H3,(H,26,29)(H2,24,25,27,28). The minimum absolute atomic E-state index is 0.0594. The Bertz CT molecular complexity index is 1190. The van der Waals surface area contributed by atoms with Crippen LogP contribution in [0.1, 0.15) is 18.5 Å². The molecule has 1 atom stereocenters. The second-order valence-corrected chi connectivity index (χ2v) is 7.57. The maximum absolute atomic E-state index is 10.7. The lowest BCUT2D eigenvalue weighted by atomic mass is 9.99. The van der Waals surface area contributed by atoms with E-state index in [-0.39, 0.29) is 12.0 Å². The molecule has 3 N–H and O–H groups in total. The van der Waals surface area contributed by atoms with Gasteiger partial charge in [0.05, 0.1) is 11.7 Å². The predicted molar refractivity (Wildman–Crippen MR) is 118 cm³/mol. The minimum Gasteiger partial charge on any atom is -0.368 e. The van der Waals surface area contributed by atoms with Crippen molar-refractivity contribution >= 4 is 39.3 Å². The van der Waals surface area contributed by atoms with E-state index < -0.39 is 0 Å². The molecule has 144 valence electrons. The predicted octanol–water partition coefficient (Wildman–Crippen LogP) is 4.51. The summed E-state index contributed by atoms with van der Waals surface area (Å²) >= 11 is 3.54. The lowest BCUT2D eigenvalue weighted by molar-refractivity contribution is -0.110. The molecule has 2 heterocycles. The molecule has 4 rings (SSSR count). The number of nitrogens with one attached hydrogen (secondary N) is 1. The number of nitrogens with zero attached hydrogens (tertiary/aromatic N) is 3. The minimum atomic E-state index is -0.0594. The molecule has 4 aromatic rings. The Morgan fingerprint density at radius 3 is 2.59 bits per heavy atom. The highest BCUT2D eigenvalue weighted by Gasteiger charge is 2.12. The van der Waals surface area contributed by atoms with Gasteiger partial charge in [-0.25, -0.2) is 9.97 Å². The summed E-state index contributed by atoms with van der Waals surface area (Å²) < 4.78 is 0.985. The van der Waals surface area contributed by atoms with Crippen LogP contribution in [-0.4, -0.2) is 21.4 Å². The van der Waals surface area contributed by atoms with Gasteiger partial charge < -0.3 is 11.1 Å². The number of amides is 1. The highest BCUT2D eigenvalue weighted by Crippen LogP contribution is 2.33. The molecule has 1 unspecified atom stereocenters. The van der Waals surface area contributed by atoms with E-state index in [1.807, 2.05) is 61.5 Å². The topological polar surface area (TPSA) is 93.8 Å². The van der Waals surface area contributed by atoms with Crippen molar-refractivity contribution in [3.63, 3.8) is 0 Å².